The quantitative estimate of drug-likeness (QED) is 0.323. The minimum Gasteiger partial charge on any atom is -0.460 e. The van der Waals surface area contributed by atoms with E-state index in [1.54, 1.807) is 27.7 Å². The molecule has 0 aromatic heterocycles. The predicted octanol–water partition coefficient (Wildman–Crippen LogP) is 4.61. The second kappa shape index (κ2) is 13.0. The highest BCUT2D eigenvalue weighted by Crippen LogP contribution is 2.32. The molecule has 1 N–H and O–H groups in total. The summed E-state index contributed by atoms with van der Waals surface area (Å²) in [6, 6.07) is 2.87. The standard InChI is InChI=1S/C22H32ClF3N2O6/c1-14(27-15-9-10-16(23)17(12-15)33-22(24,25)26)20(30)28(13-19(31-5)32-6)11-7-8-18(29)34-21(2,3)4/h9-10,12,14,19,27H,7-8,11,13H2,1-6H3. The zero-order chi connectivity index (χ0) is 26.1. The third kappa shape index (κ3) is 11.3. The molecule has 34 heavy (non-hydrogen) atoms. The van der Waals surface area contributed by atoms with Crippen molar-refractivity contribution in [1.29, 1.82) is 0 Å². The fourth-order valence-electron chi connectivity index (χ4n) is 2.91. The van der Waals surface area contributed by atoms with Crippen LogP contribution in [0.2, 0.25) is 5.02 Å². The average molecular weight is 513 g/mol. The van der Waals surface area contributed by atoms with Gasteiger partial charge in [-0.15, -0.1) is 13.2 Å². The van der Waals surface area contributed by atoms with E-state index in [1.165, 1.54) is 31.3 Å². The number of carbonyl (C=O) groups is 2. The van der Waals surface area contributed by atoms with E-state index in [4.69, 9.17) is 25.8 Å². The zero-order valence-electron chi connectivity index (χ0n) is 20.1. The Morgan fingerprint density at radius 2 is 1.76 bits per heavy atom. The topological polar surface area (TPSA) is 86.3 Å². The van der Waals surface area contributed by atoms with Crippen LogP contribution < -0.4 is 10.1 Å². The first kappa shape index (κ1) is 29.8. The Morgan fingerprint density at radius 1 is 1.15 bits per heavy atom. The molecule has 0 saturated heterocycles. The minimum atomic E-state index is -4.91. The van der Waals surface area contributed by atoms with Crippen molar-refractivity contribution in [3.63, 3.8) is 0 Å². The van der Waals surface area contributed by atoms with Gasteiger partial charge in [0.2, 0.25) is 5.91 Å². The minimum absolute atomic E-state index is 0.0786. The Kier molecular flexibility index (Phi) is 11.4. The molecule has 0 aliphatic rings. The van der Waals surface area contributed by atoms with E-state index in [9.17, 15) is 22.8 Å². The SMILES string of the molecule is COC(CN(CCCC(=O)OC(C)(C)C)C(=O)C(C)Nc1ccc(Cl)c(OC(F)(F)F)c1)OC. The molecule has 0 spiro atoms. The van der Waals surface area contributed by atoms with Gasteiger partial charge in [-0.3, -0.25) is 9.59 Å². The Labute approximate surface area is 202 Å². The highest BCUT2D eigenvalue weighted by Gasteiger charge is 2.32. The van der Waals surface area contributed by atoms with E-state index in [0.717, 1.165) is 6.07 Å². The Bertz CT molecular complexity index is 813. The Morgan fingerprint density at radius 3 is 2.29 bits per heavy atom. The normalized spacial score (nSPS) is 12.9. The predicted molar refractivity (Wildman–Crippen MR) is 121 cm³/mol. The van der Waals surface area contributed by atoms with Gasteiger partial charge in [-0.05, 0) is 46.2 Å². The number of anilines is 1. The van der Waals surface area contributed by atoms with Crippen LogP contribution in [0, 0.1) is 0 Å². The molecule has 12 heteroatoms. The van der Waals surface area contributed by atoms with Gasteiger partial charge >= 0.3 is 12.3 Å². The molecule has 1 aromatic carbocycles. The zero-order valence-corrected chi connectivity index (χ0v) is 20.9. The van der Waals surface area contributed by atoms with Gasteiger partial charge in [0.15, 0.2) is 6.29 Å². The summed E-state index contributed by atoms with van der Waals surface area (Å²) in [6.45, 7) is 7.12. The number of amides is 1. The van der Waals surface area contributed by atoms with Crippen molar-refractivity contribution >= 4 is 29.2 Å². The maximum Gasteiger partial charge on any atom is 0.573 e. The van der Waals surface area contributed by atoms with Crippen molar-refractivity contribution in [2.45, 2.75) is 64.8 Å². The molecule has 0 saturated carbocycles. The summed E-state index contributed by atoms with van der Waals surface area (Å²) >= 11 is 5.77. The molecule has 1 atom stereocenters. The lowest BCUT2D eigenvalue weighted by molar-refractivity contribution is -0.274. The molecule has 1 unspecified atom stereocenters. The number of nitrogens with zero attached hydrogens (tertiary/aromatic N) is 1. The third-order valence-electron chi connectivity index (χ3n) is 4.35. The van der Waals surface area contributed by atoms with Crippen LogP contribution in [0.15, 0.2) is 18.2 Å². The fraction of sp³-hybridized carbons (Fsp3) is 0.636. The third-order valence-corrected chi connectivity index (χ3v) is 4.66. The first-order valence-corrected chi connectivity index (χ1v) is 10.9. The number of hydrogen-bond donors (Lipinski definition) is 1. The molecule has 0 fully saturated rings. The summed E-state index contributed by atoms with van der Waals surface area (Å²) < 4.78 is 57.3. The van der Waals surface area contributed by atoms with Crippen molar-refractivity contribution < 1.29 is 41.7 Å². The van der Waals surface area contributed by atoms with Crippen molar-refractivity contribution in [2.24, 2.45) is 0 Å². The van der Waals surface area contributed by atoms with E-state index in [-0.39, 0.29) is 42.1 Å². The van der Waals surface area contributed by atoms with Gasteiger partial charge in [-0.2, -0.15) is 0 Å². The number of carbonyl (C=O) groups excluding carboxylic acids is 2. The maximum absolute atomic E-state index is 13.1. The van der Waals surface area contributed by atoms with Crippen molar-refractivity contribution in [3.8, 4) is 5.75 Å². The van der Waals surface area contributed by atoms with Crippen LogP contribution in [0.4, 0.5) is 18.9 Å². The molecule has 1 amide bonds. The van der Waals surface area contributed by atoms with Crippen molar-refractivity contribution in [3.05, 3.63) is 23.2 Å². The highest BCUT2D eigenvalue weighted by molar-refractivity contribution is 6.32. The Balaban J connectivity index is 2.89. The van der Waals surface area contributed by atoms with Gasteiger partial charge in [0.1, 0.15) is 17.4 Å². The summed E-state index contributed by atoms with van der Waals surface area (Å²) in [5, 5.41) is 2.62. The molecule has 0 aliphatic carbocycles. The van der Waals surface area contributed by atoms with Gasteiger partial charge < -0.3 is 29.2 Å². The molecular formula is C22H32ClF3N2O6. The van der Waals surface area contributed by atoms with Crippen LogP contribution in [-0.2, 0) is 23.8 Å². The van der Waals surface area contributed by atoms with E-state index in [1.807, 2.05) is 0 Å². The summed E-state index contributed by atoms with van der Waals surface area (Å²) in [7, 11) is 2.85. The molecule has 0 bridgehead atoms. The van der Waals surface area contributed by atoms with Crippen LogP contribution in [0.5, 0.6) is 5.75 Å². The van der Waals surface area contributed by atoms with Gasteiger partial charge in [-0.1, -0.05) is 11.6 Å². The number of esters is 1. The summed E-state index contributed by atoms with van der Waals surface area (Å²) in [4.78, 5) is 26.5. The lowest BCUT2D eigenvalue weighted by Crippen LogP contribution is -2.46. The summed E-state index contributed by atoms with van der Waals surface area (Å²) in [6.07, 6.45) is -5.19. The monoisotopic (exact) mass is 512 g/mol. The first-order chi connectivity index (χ1) is 15.6. The second-order valence-electron chi connectivity index (χ2n) is 8.43. The largest absolute Gasteiger partial charge is 0.573 e. The van der Waals surface area contributed by atoms with Crippen LogP contribution >= 0.6 is 11.6 Å². The van der Waals surface area contributed by atoms with E-state index >= 15 is 0 Å². The molecule has 1 rings (SSSR count). The van der Waals surface area contributed by atoms with Gasteiger partial charge in [0.05, 0.1) is 11.6 Å². The van der Waals surface area contributed by atoms with E-state index in [0.29, 0.717) is 6.42 Å². The fourth-order valence-corrected chi connectivity index (χ4v) is 3.06. The molecule has 0 heterocycles. The number of benzene rings is 1. The first-order valence-electron chi connectivity index (χ1n) is 10.5. The number of nitrogens with one attached hydrogen (secondary N) is 1. The lowest BCUT2D eigenvalue weighted by atomic mass is 10.2. The van der Waals surface area contributed by atoms with Gasteiger partial charge in [-0.25, -0.2) is 0 Å². The van der Waals surface area contributed by atoms with Gasteiger partial charge in [0, 0.05) is 38.9 Å². The molecule has 0 radical (unpaired) electrons. The van der Waals surface area contributed by atoms with Crippen LogP contribution in [0.3, 0.4) is 0 Å². The molecule has 8 nitrogen and oxygen atoms in total. The number of alkyl halides is 3. The average Bonchev–Trinajstić information content (AvgIpc) is 2.70. The number of rotatable bonds is 12. The van der Waals surface area contributed by atoms with Crippen LogP contribution in [0.1, 0.15) is 40.5 Å². The van der Waals surface area contributed by atoms with Gasteiger partial charge in [0.25, 0.3) is 0 Å². The number of halogens is 4. The molecular weight excluding hydrogens is 481 g/mol. The highest BCUT2D eigenvalue weighted by atomic mass is 35.5. The van der Waals surface area contributed by atoms with E-state index < -0.39 is 30.0 Å². The van der Waals surface area contributed by atoms with E-state index in [2.05, 4.69) is 10.1 Å². The number of methoxy groups -OCH3 is 2. The second-order valence-corrected chi connectivity index (χ2v) is 8.84. The number of hydrogen-bond acceptors (Lipinski definition) is 7. The molecule has 0 aliphatic heterocycles. The maximum atomic E-state index is 13.1. The van der Waals surface area contributed by atoms with Crippen molar-refractivity contribution in [2.75, 3.05) is 32.6 Å². The molecule has 194 valence electrons. The summed E-state index contributed by atoms with van der Waals surface area (Å²) in [5.41, 5.74) is -0.414. The van der Waals surface area contributed by atoms with Crippen molar-refractivity contribution in [1.82, 2.24) is 4.90 Å². The summed E-state index contributed by atoms with van der Waals surface area (Å²) in [5.74, 6) is -1.36. The smallest absolute Gasteiger partial charge is 0.460 e. The van der Waals surface area contributed by atoms with Crippen LogP contribution in [0.25, 0.3) is 0 Å². The number of ether oxygens (including phenoxy) is 4. The van der Waals surface area contributed by atoms with Crippen LogP contribution in [-0.4, -0.2) is 68.4 Å². The Hall–Kier alpha value is -2.24. The molecule has 1 aromatic rings. The lowest BCUT2D eigenvalue weighted by Gasteiger charge is -2.29.